The van der Waals surface area contributed by atoms with Gasteiger partial charge in [-0.3, -0.25) is 0 Å². The summed E-state index contributed by atoms with van der Waals surface area (Å²) in [7, 11) is 0. The van der Waals surface area contributed by atoms with Crippen LogP contribution < -0.4 is 16.4 Å². The largest absolute Gasteiger partial charge is 0.384 e. The van der Waals surface area contributed by atoms with Crippen LogP contribution in [0.1, 0.15) is 5.56 Å². The van der Waals surface area contributed by atoms with Crippen molar-refractivity contribution in [3.63, 3.8) is 0 Å². The van der Waals surface area contributed by atoms with Crippen molar-refractivity contribution in [3.05, 3.63) is 23.8 Å². The third-order valence-corrected chi connectivity index (χ3v) is 2.09. The fourth-order valence-corrected chi connectivity index (χ4v) is 1.51. The average Bonchev–Trinajstić information content (AvgIpc) is 2.49. The molecule has 13 heavy (non-hydrogen) atoms. The quantitative estimate of drug-likeness (QED) is 0.602. The summed E-state index contributed by atoms with van der Waals surface area (Å²) in [6.07, 6.45) is 1.05. The maximum absolute atomic E-state index is 10.6. The molecule has 0 bridgehead atoms. The van der Waals surface area contributed by atoms with Gasteiger partial charge in [-0.25, -0.2) is 4.79 Å². The van der Waals surface area contributed by atoms with E-state index in [2.05, 4.69) is 10.6 Å². The van der Waals surface area contributed by atoms with Crippen molar-refractivity contribution in [1.82, 2.24) is 0 Å². The minimum atomic E-state index is -0.530. The Labute approximate surface area is 76.1 Å². The van der Waals surface area contributed by atoms with Crippen LogP contribution in [0.15, 0.2) is 18.2 Å². The van der Waals surface area contributed by atoms with Crippen LogP contribution >= 0.6 is 0 Å². The molecule has 4 heteroatoms. The molecule has 1 aromatic rings. The van der Waals surface area contributed by atoms with E-state index in [0.717, 1.165) is 24.3 Å². The number of carbonyl (C=O) groups excluding carboxylic acids is 1. The Hall–Kier alpha value is -1.71. The highest BCUT2D eigenvalue weighted by Crippen LogP contribution is 2.25. The van der Waals surface area contributed by atoms with E-state index in [0.29, 0.717) is 0 Å². The van der Waals surface area contributed by atoms with Crippen molar-refractivity contribution in [2.45, 2.75) is 6.42 Å². The van der Waals surface area contributed by atoms with Crippen molar-refractivity contribution in [2.75, 3.05) is 17.2 Å². The molecule has 0 saturated carbocycles. The predicted molar refractivity (Wildman–Crippen MR) is 51.8 cm³/mol. The zero-order valence-corrected chi connectivity index (χ0v) is 7.13. The molecule has 0 fully saturated rings. The molecule has 1 heterocycles. The molecule has 0 unspecified atom stereocenters. The van der Waals surface area contributed by atoms with Gasteiger partial charge in [-0.15, -0.1) is 0 Å². The summed E-state index contributed by atoms with van der Waals surface area (Å²) in [6, 6.07) is 5.22. The Morgan fingerprint density at radius 2 is 2.38 bits per heavy atom. The lowest BCUT2D eigenvalue weighted by Gasteiger charge is -2.04. The van der Waals surface area contributed by atoms with E-state index in [1.807, 2.05) is 18.2 Å². The molecular weight excluding hydrogens is 166 g/mol. The minimum Gasteiger partial charge on any atom is -0.384 e. The molecule has 1 aliphatic rings. The number of nitrogens with two attached hydrogens (primary N) is 1. The maximum atomic E-state index is 10.6. The average molecular weight is 177 g/mol. The fourth-order valence-electron chi connectivity index (χ4n) is 1.51. The van der Waals surface area contributed by atoms with Crippen LogP contribution in [0.25, 0.3) is 0 Å². The van der Waals surface area contributed by atoms with Gasteiger partial charge in [0, 0.05) is 17.9 Å². The third kappa shape index (κ3) is 1.56. The zero-order chi connectivity index (χ0) is 9.26. The van der Waals surface area contributed by atoms with Crippen LogP contribution in [0, 0.1) is 0 Å². The van der Waals surface area contributed by atoms with E-state index in [9.17, 15) is 4.79 Å². The van der Waals surface area contributed by atoms with Crippen LogP contribution in [0.5, 0.6) is 0 Å². The van der Waals surface area contributed by atoms with Gasteiger partial charge in [0.2, 0.25) is 0 Å². The monoisotopic (exact) mass is 177 g/mol. The highest BCUT2D eigenvalue weighted by molar-refractivity contribution is 5.88. The first-order valence-corrected chi connectivity index (χ1v) is 4.19. The second-order valence-corrected chi connectivity index (χ2v) is 3.04. The van der Waals surface area contributed by atoms with Gasteiger partial charge in [-0.05, 0) is 24.1 Å². The van der Waals surface area contributed by atoms with E-state index < -0.39 is 6.03 Å². The second kappa shape index (κ2) is 2.97. The molecule has 0 aliphatic carbocycles. The number of urea groups is 1. The molecule has 4 N–H and O–H groups in total. The number of benzene rings is 1. The summed E-state index contributed by atoms with van der Waals surface area (Å²) in [5.41, 5.74) is 8.11. The Kier molecular flexibility index (Phi) is 1.81. The number of nitrogens with one attached hydrogen (secondary N) is 2. The van der Waals surface area contributed by atoms with E-state index in [-0.39, 0.29) is 0 Å². The van der Waals surface area contributed by atoms with Crippen LogP contribution in [0.3, 0.4) is 0 Å². The van der Waals surface area contributed by atoms with Gasteiger partial charge in [0.25, 0.3) is 0 Å². The standard InChI is InChI=1S/C9H11N3O/c10-9(13)12-7-2-1-6-3-4-11-8(6)5-7/h1-2,5,11H,3-4H2,(H3,10,12,13). The van der Waals surface area contributed by atoms with E-state index in [1.54, 1.807) is 0 Å². The Bertz CT molecular complexity index is 349. The summed E-state index contributed by atoms with van der Waals surface area (Å²) in [6.45, 7) is 0.968. The normalized spacial score (nSPS) is 13.2. The molecule has 2 rings (SSSR count). The lowest BCUT2D eigenvalue weighted by atomic mass is 10.1. The predicted octanol–water partition coefficient (Wildman–Crippen LogP) is 1.15. The van der Waals surface area contributed by atoms with Gasteiger partial charge in [0.1, 0.15) is 0 Å². The van der Waals surface area contributed by atoms with Crippen LogP contribution in [-0.2, 0) is 6.42 Å². The van der Waals surface area contributed by atoms with Crippen LogP contribution in [0.4, 0.5) is 16.2 Å². The number of fused-ring (bicyclic) bond motifs is 1. The molecule has 0 aromatic heterocycles. The van der Waals surface area contributed by atoms with Gasteiger partial charge in [0.05, 0.1) is 0 Å². The van der Waals surface area contributed by atoms with Gasteiger partial charge in [0.15, 0.2) is 0 Å². The number of carbonyl (C=O) groups is 1. The first kappa shape index (κ1) is 7.91. The molecule has 1 aromatic carbocycles. The second-order valence-electron chi connectivity index (χ2n) is 3.04. The first-order valence-electron chi connectivity index (χ1n) is 4.19. The van der Waals surface area contributed by atoms with E-state index in [1.165, 1.54) is 5.56 Å². The van der Waals surface area contributed by atoms with Gasteiger partial charge in [-0.1, -0.05) is 6.07 Å². The Morgan fingerprint density at radius 3 is 3.15 bits per heavy atom. The number of primary amides is 1. The van der Waals surface area contributed by atoms with Crippen molar-refractivity contribution >= 4 is 17.4 Å². The van der Waals surface area contributed by atoms with E-state index >= 15 is 0 Å². The highest BCUT2D eigenvalue weighted by atomic mass is 16.2. The number of hydrogen-bond acceptors (Lipinski definition) is 2. The molecule has 0 radical (unpaired) electrons. The topological polar surface area (TPSA) is 67.2 Å². The number of rotatable bonds is 1. The van der Waals surface area contributed by atoms with Crippen LogP contribution in [0.2, 0.25) is 0 Å². The van der Waals surface area contributed by atoms with Crippen molar-refractivity contribution < 1.29 is 4.79 Å². The smallest absolute Gasteiger partial charge is 0.316 e. The SMILES string of the molecule is NC(=O)Nc1ccc2c(c1)NCC2. The maximum Gasteiger partial charge on any atom is 0.316 e. The number of amides is 2. The lowest BCUT2D eigenvalue weighted by Crippen LogP contribution is -2.19. The molecule has 1 aliphatic heterocycles. The minimum absolute atomic E-state index is 0.530. The first-order chi connectivity index (χ1) is 6.25. The summed E-state index contributed by atoms with van der Waals surface area (Å²) in [5, 5.41) is 5.75. The fraction of sp³-hybridized carbons (Fsp3) is 0.222. The number of anilines is 2. The molecule has 0 spiro atoms. The molecule has 0 atom stereocenters. The highest BCUT2D eigenvalue weighted by Gasteiger charge is 2.09. The molecule has 0 saturated heterocycles. The summed E-state index contributed by atoms with van der Waals surface area (Å²) < 4.78 is 0. The molecular formula is C9H11N3O. The lowest BCUT2D eigenvalue weighted by molar-refractivity contribution is 0.259. The van der Waals surface area contributed by atoms with Crippen molar-refractivity contribution in [3.8, 4) is 0 Å². The van der Waals surface area contributed by atoms with E-state index in [4.69, 9.17) is 5.73 Å². The van der Waals surface area contributed by atoms with Crippen LogP contribution in [-0.4, -0.2) is 12.6 Å². The molecule has 68 valence electrons. The zero-order valence-electron chi connectivity index (χ0n) is 7.13. The van der Waals surface area contributed by atoms with Gasteiger partial charge < -0.3 is 16.4 Å². The number of hydrogen-bond donors (Lipinski definition) is 3. The molecule has 4 nitrogen and oxygen atoms in total. The third-order valence-electron chi connectivity index (χ3n) is 2.09. The summed E-state index contributed by atoms with van der Waals surface area (Å²) in [5.74, 6) is 0. The van der Waals surface area contributed by atoms with Crippen molar-refractivity contribution in [1.29, 1.82) is 0 Å². The van der Waals surface area contributed by atoms with Gasteiger partial charge >= 0.3 is 6.03 Å². The molecule has 2 amide bonds. The summed E-state index contributed by atoms with van der Waals surface area (Å²) in [4.78, 5) is 10.6. The van der Waals surface area contributed by atoms with Gasteiger partial charge in [-0.2, -0.15) is 0 Å². The Balaban J connectivity index is 2.25. The van der Waals surface area contributed by atoms with Crippen molar-refractivity contribution in [2.24, 2.45) is 5.73 Å². The Morgan fingerprint density at radius 1 is 1.54 bits per heavy atom. The summed E-state index contributed by atoms with van der Waals surface area (Å²) >= 11 is 0.